The van der Waals surface area contributed by atoms with Crippen LogP contribution in [0.3, 0.4) is 0 Å². The number of hydrogen-bond donors (Lipinski definition) is 1. The number of hydrogen-bond acceptors (Lipinski definition) is 3. The molecule has 0 fully saturated rings. The van der Waals surface area contributed by atoms with Crippen molar-refractivity contribution in [2.75, 3.05) is 6.54 Å². The molecule has 0 bridgehead atoms. The van der Waals surface area contributed by atoms with Gasteiger partial charge in [-0.2, -0.15) is 0 Å². The molecule has 2 aromatic rings. The Morgan fingerprint density at radius 2 is 2.18 bits per heavy atom. The van der Waals surface area contributed by atoms with Crippen molar-refractivity contribution in [2.24, 2.45) is 0 Å². The van der Waals surface area contributed by atoms with Gasteiger partial charge in [-0.1, -0.05) is 18.2 Å². The summed E-state index contributed by atoms with van der Waals surface area (Å²) in [6.07, 6.45) is 2.65. The second-order valence-electron chi connectivity index (χ2n) is 3.90. The molecular formula is C12H12N2O3. The van der Waals surface area contributed by atoms with Crippen molar-refractivity contribution < 1.29 is 9.72 Å². The molecule has 0 unspecified atom stereocenters. The number of nitro groups is 1. The van der Waals surface area contributed by atoms with Crippen molar-refractivity contribution in [3.8, 4) is 0 Å². The fourth-order valence-corrected chi connectivity index (χ4v) is 2.03. The van der Waals surface area contributed by atoms with Gasteiger partial charge in [0, 0.05) is 28.4 Å². The largest absolute Gasteiger partial charge is 0.361 e. The van der Waals surface area contributed by atoms with Crippen molar-refractivity contribution in [2.45, 2.75) is 12.3 Å². The van der Waals surface area contributed by atoms with Crippen LogP contribution in [0, 0.1) is 10.1 Å². The zero-order valence-electron chi connectivity index (χ0n) is 9.13. The molecule has 17 heavy (non-hydrogen) atoms. The van der Waals surface area contributed by atoms with Crippen molar-refractivity contribution >= 4 is 17.2 Å². The summed E-state index contributed by atoms with van der Waals surface area (Å²) in [5, 5.41) is 11.5. The van der Waals surface area contributed by atoms with Gasteiger partial charge in [-0.3, -0.25) is 10.1 Å². The Kier molecular flexibility index (Phi) is 3.18. The lowest BCUT2D eigenvalue weighted by atomic mass is 9.96. The summed E-state index contributed by atoms with van der Waals surface area (Å²) in [6, 6.07) is 7.58. The summed E-state index contributed by atoms with van der Waals surface area (Å²) in [5.41, 5.74) is 1.77. The highest BCUT2D eigenvalue weighted by molar-refractivity contribution is 5.84. The minimum absolute atomic E-state index is 0.169. The molecule has 5 heteroatoms. The van der Waals surface area contributed by atoms with Gasteiger partial charge in [-0.05, 0) is 11.6 Å². The smallest absolute Gasteiger partial charge is 0.211 e. The van der Waals surface area contributed by atoms with Gasteiger partial charge < -0.3 is 9.78 Å². The van der Waals surface area contributed by atoms with Crippen LogP contribution < -0.4 is 0 Å². The number of rotatable bonds is 5. The first-order chi connectivity index (χ1) is 8.22. The average molecular weight is 232 g/mol. The number of para-hydroxylation sites is 1. The highest BCUT2D eigenvalue weighted by Crippen LogP contribution is 2.27. The third-order valence-electron chi connectivity index (χ3n) is 2.81. The maximum atomic E-state index is 10.6. The fourth-order valence-electron chi connectivity index (χ4n) is 2.03. The number of nitrogens with one attached hydrogen (secondary N) is 1. The first kappa shape index (κ1) is 11.3. The highest BCUT2D eigenvalue weighted by atomic mass is 16.6. The molecule has 1 aromatic carbocycles. The van der Waals surface area contributed by atoms with Crippen LogP contribution in [0.4, 0.5) is 0 Å². The molecule has 0 aliphatic heterocycles. The molecular weight excluding hydrogens is 220 g/mol. The monoisotopic (exact) mass is 232 g/mol. The van der Waals surface area contributed by atoms with Crippen molar-refractivity contribution in [3.05, 3.63) is 46.1 Å². The number of aromatic amines is 1. The summed E-state index contributed by atoms with van der Waals surface area (Å²) < 4.78 is 0. The van der Waals surface area contributed by atoms with E-state index in [0.717, 1.165) is 22.8 Å². The topological polar surface area (TPSA) is 76.0 Å². The van der Waals surface area contributed by atoms with Gasteiger partial charge in [0.1, 0.15) is 6.29 Å². The van der Waals surface area contributed by atoms with Gasteiger partial charge in [-0.15, -0.1) is 0 Å². The van der Waals surface area contributed by atoms with Crippen LogP contribution in [0.5, 0.6) is 0 Å². The molecule has 1 atom stereocenters. The van der Waals surface area contributed by atoms with Gasteiger partial charge in [0.05, 0.1) is 5.92 Å². The zero-order valence-corrected chi connectivity index (χ0v) is 9.13. The molecule has 0 amide bonds. The number of aldehydes is 1. The second-order valence-corrected chi connectivity index (χ2v) is 3.90. The van der Waals surface area contributed by atoms with Gasteiger partial charge in [0.2, 0.25) is 6.54 Å². The molecule has 0 saturated heterocycles. The highest BCUT2D eigenvalue weighted by Gasteiger charge is 2.20. The van der Waals surface area contributed by atoms with Crippen LogP contribution in [0.1, 0.15) is 17.9 Å². The SMILES string of the molecule is O=CC[C@H](C[N+](=O)[O-])c1c[nH]c2ccccc12. The van der Waals surface area contributed by atoms with E-state index in [9.17, 15) is 14.9 Å². The van der Waals surface area contributed by atoms with Crippen LogP contribution in [-0.4, -0.2) is 22.7 Å². The van der Waals surface area contributed by atoms with E-state index in [1.54, 1.807) is 6.20 Å². The van der Waals surface area contributed by atoms with Gasteiger partial charge in [0.25, 0.3) is 0 Å². The summed E-state index contributed by atoms with van der Waals surface area (Å²) in [6.45, 7) is -0.222. The Morgan fingerprint density at radius 3 is 2.88 bits per heavy atom. The molecule has 1 heterocycles. The molecule has 0 aliphatic carbocycles. The number of benzene rings is 1. The van der Waals surface area contributed by atoms with Crippen LogP contribution in [0.2, 0.25) is 0 Å². The normalized spacial score (nSPS) is 12.5. The van der Waals surface area contributed by atoms with Crippen LogP contribution in [0.15, 0.2) is 30.5 Å². The predicted molar refractivity (Wildman–Crippen MR) is 63.6 cm³/mol. The van der Waals surface area contributed by atoms with Crippen molar-refractivity contribution in [1.29, 1.82) is 0 Å². The van der Waals surface area contributed by atoms with E-state index in [1.165, 1.54) is 0 Å². The minimum atomic E-state index is -0.379. The predicted octanol–water partition coefficient (Wildman–Crippen LogP) is 2.12. The number of aromatic nitrogens is 1. The third kappa shape index (κ3) is 2.33. The number of carbonyl (C=O) groups excluding carboxylic acids is 1. The van der Waals surface area contributed by atoms with E-state index in [1.807, 2.05) is 24.3 Å². The first-order valence-corrected chi connectivity index (χ1v) is 5.34. The van der Waals surface area contributed by atoms with Gasteiger partial charge in [-0.25, -0.2) is 0 Å². The van der Waals surface area contributed by atoms with Crippen LogP contribution in [0.25, 0.3) is 10.9 Å². The molecule has 2 rings (SSSR count). The second kappa shape index (κ2) is 4.78. The lowest BCUT2D eigenvalue weighted by molar-refractivity contribution is -0.483. The number of nitrogens with zero attached hydrogens (tertiary/aromatic N) is 1. The van der Waals surface area contributed by atoms with Gasteiger partial charge in [0.15, 0.2) is 0 Å². The summed E-state index contributed by atoms with van der Waals surface area (Å²) in [5.74, 6) is -0.362. The standard InChI is InChI=1S/C12H12N2O3/c15-6-5-9(8-14(16)17)11-7-13-12-4-2-1-3-10(11)12/h1-4,6-7,9,13H,5,8H2/t9-/m1/s1. The Balaban J connectivity index is 2.40. The maximum absolute atomic E-state index is 10.6. The number of carbonyl (C=O) groups is 1. The van der Waals surface area contributed by atoms with Crippen LogP contribution >= 0.6 is 0 Å². The molecule has 88 valence electrons. The summed E-state index contributed by atoms with van der Waals surface area (Å²) in [4.78, 5) is 23.9. The molecule has 0 aliphatic rings. The Morgan fingerprint density at radius 1 is 1.41 bits per heavy atom. The van der Waals surface area contributed by atoms with Crippen molar-refractivity contribution in [3.63, 3.8) is 0 Å². The Labute approximate surface area is 97.6 Å². The fraction of sp³-hybridized carbons (Fsp3) is 0.250. The quantitative estimate of drug-likeness (QED) is 0.487. The number of fused-ring (bicyclic) bond motifs is 1. The molecule has 0 saturated carbocycles. The Hall–Kier alpha value is -2.17. The molecule has 0 spiro atoms. The summed E-state index contributed by atoms with van der Waals surface area (Å²) >= 11 is 0. The average Bonchev–Trinajstić information content (AvgIpc) is 2.71. The lowest BCUT2D eigenvalue weighted by Crippen LogP contribution is -2.12. The van der Waals surface area contributed by atoms with Crippen LogP contribution in [-0.2, 0) is 4.79 Å². The molecule has 0 radical (unpaired) electrons. The third-order valence-corrected chi connectivity index (χ3v) is 2.81. The minimum Gasteiger partial charge on any atom is -0.361 e. The Bertz CT molecular complexity index is 547. The number of H-pyrrole nitrogens is 1. The van der Waals surface area contributed by atoms with E-state index < -0.39 is 0 Å². The van der Waals surface area contributed by atoms with Crippen molar-refractivity contribution in [1.82, 2.24) is 4.98 Å². The van der Waals surface area contributed by atoms with E-state index >= 15 is 0 Å². The zero-order chi connectivity index (χ0) is 12.3. The lowest BCUT2D eigenvalue weighted by Gasteiger charge is -2.08. The van der Waals surface area contributed by atoms with E-state index in [4.69, 9.17) is 0 Å². The molecule has 1 N–H and O–H groups in total. The van der Waals surface area contributed by atoms with E-state index in [2.05, 4.69) is 4.98 Å². The van der Waals surface area contributed by atoms with E-state index in [0.29, 0.717) is 0 Å². The molecule has 5 nitrogen and oxygen atoms in total. The van der Waals surface area contributed by atoms with E-state index in [-0.39, 0.29) is 23.8 Å². The van der Waals surface area contributed by atoms with Gasteiger partial charge >= 0.3 is 0 Å². The summed E-state index contributed by atoms with van der Waals surface area (Å²) in [7, 11) is 0. The molecule has 1 aromatic heterocycles. The first-order valence-electron chi connectivity index (χ1n) is 5.34. The maximum Gasteiger partial charge on any atom is 0.211 e.